The molecule has 1 N–H and O–H groups in total. The number of ether oxygens (including phenoxy) is 2. The molecule has 6 nitrogen and oxygen atoms in total. The van der Waals surface area contributed by atoms with Crippen LogP contribution in [0.3, 0.4) is 0 Å². The molecule has 0 aromatic heterocycles. The Kier molecular flexibility index (Phi) is 8.07. The van der Waals surface area contributed by atoms with E-state index in [1.165, 1.54) is 11.1 Å². The van der Waals surface area contributed by atoms with Crippen LogP contribution in [0, 0.1) is 0 Å². The number of morpholine rings is 1. The van der Waals surface area contributed by atoms with Gasteiger partial charge in [0.2, 0.25) is 5.91 Å². The average Bonchev–Trinajstić information content (AvgIpc) is 2.81. The first-order valence-electron chi connectivity index (χ1n) is 11.3. The number of anilines is 1. The number of nitrogens with zero attached hydrogens (tertiary/aromatic N) is 2. The molecule has 0 saturated carbocycles. The minimum absolute atomic E-state index is 0.0459. The molecule has 31 heavy (non-hydrogen) atoms. The second kappa shape index (κ2) is 11.4. The number of carbonyl (C=O) groups is 1. The molecule has 2 aliphatic heterocycles. The zero-order chi connectivity index (χ0) is 21.3. The molecule has 0 spiro atoms. The van der Waals surface area contributed by atoms with Gasteiger partial charge in [0.25, 0.3) is 0 Å². The molecule has 0 unspecified atom stereocenters. The summed E-state index contributed by atoms with van der Waals surface area (Å²) in [6.45, 7) is 7.39. The van der Waals surface area contributed by atoms with Crippen molar-refractivity contribution in [1.82, 2.24) is 9.80 Å². The second-order valence-corrected chi connectivity index (χ2v) is 8.41. The Morgan fingerprint density at radius 1 is 0.903 bits per heavy atom. The van der Waals surface area contributed by atoms with E-state index in [1.54, 1.807) is 0 Å². The van der Waals surface area contributed by atoms with E-state index in [0.717, 1.165) is 64.5 Å². The molecule has 6 heteroatoms. The van der Waals surface area contributed by atoms with Gasteiger partial charge in [0.1, 0.15) is 0 Å². The molecule has 0 atom stereocenters. The standard InChI is InChI=1S/C25H33N3O3/c29-25(26-23-8-6-21(7-9-23)18-28-14-16-30-17-15-28)19-27-12-10-24(11-13-27)31-20-22-4-2-1-3-5-22/h1-9,24H,10-20H2,(H,26,29). The second-order valence-electron chi connectivity index (χ2n) is 8.41. The maximum Gasteiger partial charge on any atom is 0.238 e. The lowest BCUT2D eigenvalue weighted by Crippen LogP contribution is -2.41. The van der Waals surface area contributed by atoms with Crippen LogP contribution in [0.2, 0.25) is 0 Å². The smallest absolute Gasteiger partial charge is 0.238 e. The minimum atomic E-state index is 0.0459. The summed E-state index contributed by atoms with van der Waals surface area (Å²) < 4.78 is 11.4. The van der Waals surface area contributed by atoms with Crippen LogP contribution in [-0.2, 0) is 27.4 Å². The average molecular weight is 424 g/mol. The van der Waals surface area contributed by atoms with Crippen LogP contribution >= 0.6 is 0 Å². The Morgan fingerprint density at radius 3 is 2.32 bits per heavy atom. The van der Waals surface area contributed by atoms with Crippen molar-refractivity contribution in [2.24, 2.45) is 0 Å². The Balaban J connectivity index is 1.15. The molecular weight excluding hydrogens is 390 g/mol. The molecular formula is C25H33N3O3. The van der Waals surface area contributed by atoms with Crippen molar-refractivity contribution in [3.05, 3.63) is 65.7 Å². The largest absolute Gasteiger partial charge is 0.379 e. The molecule has 2 aliphatic rings. The highest BCUT2D eigenvalue weighted by Gasteiger charge is 2.21. The third-order valence-corrected chi connectivity index (χ3v) is 5.98. The molecule has 2 aromatic carbocycles. The van der Waals surface area contributed by atoms with E-state index >= 15 is 0 Å². The van der Waals surface area contributed by atoms with Gasteiger partial charge in [-0.25, -0.2) is 0 Å². The van der Waals surface area contributed by atoms with Crippen molar-refractivity contribution >= 4 is 11.6 Å². The van der Waals surface area contributed by atoms with Crippen molar-refractivity contribution < 1.29 is 14.3 Å². The summed E-state index contributed by atoms with van der Waals surface area (Å²) in [6.07, 6.45) is 2.21. The van der Waals surface area contributed by atoms with Crippen molar-refractivity contribution in [3.8, 4) is 0 Å². The van der Waals surface area contributed by atoms with Gasteiger partial charge in [-0.15, -0.1) is 0 Å². The van der Waals surface area contributed by atoms with Gasteiger partial charge < -0.3 is 14.8 Å². The summed E-state index contributed by atoms with van der Waals surface area (Å²) in [5.41, 5.74) is 3.33. The zero-order valence-electron chi connectivity index (χ0n) is 18.2. The van der Waals surface area contributed by atoms with Gasteiger partial charge in [-0.2, -0.15) is 0 Å². The lowest BCUT2D eigenvalue weighted by Gasteiger charge is -2.31. The van der Waals surface area contributed by atoms with Crippen molar-refractivity contribution in [2.45, 2.75) is 32.1 Å². The predicted molar refractivity (Wildman–Crippen MR) is 122 cm³/mol. The summed E-state index contributed by atoms with van der Waals surface area (Å²) in [6, 6.07) is 18.5. The summed E-state index contributed by atoms with van der Waals surface area (Å²) in [5.74, 6) is 0.0459. The first kappa shape index (κ1) is 22.0. The summed E-state index contributed by atoms with van der Waals surface area (Å²) in [5, 5.41) is 3.03. The van der Waals surface area contributed by atoms with Gasteiger partial charge in [0.05, 0.1) is 32.5 Å². The van der Waals surface area contributed by atoms with E-state index in [1.807, 2.05) is 30.3 Å². The molecule has 4 rings (SSSR count). The van der Waals surface area contributed by atoms with E-state index in [4.69, 9.17) is 9.47 Å². The fraction of sp³-hybridized carbons (Fsp3) is 0.480. The minimum Gasteiger partial charge on any atom is -0.379 e. The van der Waals surface area contributed by atoms with Crippen molar-refractivity contribution in [2.75, 3.05) is 51.3 Å². The molecule has 0 radical (unpaired) electrons. The maximum atomic E-state index is 12.5. The van der Waals surface area contributed by atoms with Gasteiger partial charge in [-0.1, -0.05) is 42.5 Å². The molecule has 2 fully saturated rings. The van der Waals surface area contributed by atoms with E-state index in [2.05, 4.69) is 39.4 Å². The number of nitrogens with one attached hydrogen (secondary N) is 1. The number of rotatable bonds is 8. The number of hydrogen-bond acceptors (Lipinski definition) is 5. The molecule has 2 heterocycles. The monoisotopic (exact) mass is 423 g/mol. The van der Waals surface area contributed by atoms with Crippen LogP contribution in [-0.4, -0.2) is 67.7 Å². The Morgan fingerprint density at radius 2 is 1.61 bits per heavy atom. The first-order chi connectivity index (χ1) is 15.2. The van der Waals surface area contributed by atoms with Gasteiger partial charge in [0.15, 0.2) is 0 Å². The lowest BCUT2D eigenvalue weighted by atomic mass is 10.1. The van der Waals surface area contributed by atoms with Crippen LogP contribution in [0.15, 0.2) is 54.6 Å². The van der Waals surface area contributed by atoms with Gasteiger partial charge >= 0.3 is 0 Å². The summed E-state index contributed by atoms with van der Waals surface area (Å²) >= 11 is 0. The third kappa shape index (κ3) is 7.14. The quantitative estimate of drug-likeness (QED) is 0.707. The van der Waals surface area contributed by atoms with E-state index < -0.39 is 0 Å². The summed E-state index contributed by atoms with van der Waals surface area (Å²) in [7, 11) is 0. The molecule has 0 aliphatic carbocycles. The molecule has 0 bridgehead atoms. The third-order valence-electron chi connectivity index (χ3n) is 5.98. The number of carbonyl (C=O) groups excluding carboxylic acids is 1. The Hall–Kier alpha value is -2.25. The Labute approximate surface area is 185 Å². The zero-order valence-corrected chi connectivity index (χ0v) is 18.2. The van der Waals surface area contributed by atoms with Crippen molar-refractivity contribution in [1.29, 1.82) is 0 Å². The summed E-state index contributed by atoms with van der Waals surface area (Å²) in [4.78, 5) is 17.1. The number of likely N-dealkylation sites (tertiary alicyclic amines) is 1. The molecule has 2 saturated heterocycles. The number of benzene rings is 2. The van der Waals surface area contributed by atoms with Crippen LogP contribution < -0.4 is 5.32 Å². The lowest BCUT2D eigenvalue weighted by molar-refractivity contribution is -0.118. The van der Waals surface area contributed by atoms with Crippen LogP contribution in [0.5, 0.6) is 0 Å². The maximum absolute atomic E-state index is 12.5. The topological polar surface area (TPSA) is 54.0 Å². The van der Waals surface area contributed by atoms with E-state index in [0.29, 0.717) is 13.2 Å². The highest BCUT2D eigenvalue weighted by atomic mass is 16.5. The fourth-order valence-corrected chi connectivity index (χ4v) is 4.14. The van der Waals surface area contributed by atoms with Crippen LogP contribution in [0.25, 0.3) is 0 Å². The van der Waals surface area contributed by atoms with Crippen LogP contribution in [0.4, 0.5) is 5.69 Å². The van der Waals surface area contributed by atoms with Gasteiger partial charge in [-0.3, -0.25) is 14.6 Å². The number of hydrogen-bond donors (Lipinski definition) is 1. The number of piperidine rings is 1. The van der Waals surface area contributed by atoms with E-state index in [9.17, 15) is 4.79 Å². The SMILES string of the molecule is O=C(CN1CCC(OCc2ccccc2)CC1)Nc1ccc(CN2CCOCC2)cc1. The first-order valence-corrected chi connectivity index (χ1v) is 11.3. The van der Waals surface area contributed by atoms with Crippen molar-refractivity contribution in [3.63, 3.8) is 0 Å². The highest BCUT2D eigenvalue weighted by Crippen LogP contribution is 2.16. The normalized spacial score (nSPS) is 18.7. The van der Waals surface area contributed by atoms with Gasteiger partial charge in [-0.05, 0) is 36.1 Å². The van der Waals surface area contributed by atoms with Crippen LogP contribution in [0.1, 0.15) is 24.0 Å². The van der Waals surface area contributed by atoms with Gasteiger partial charge in [0, 0.05) is 38.4 Å². The number of amides is 1. The van der Waals surface area contributed by atoms with E-state index in [-0.39, 0.29) is 12.0 Å². The molecule has 166 valence electrons. The fourth-order valence-electron chi connectivity index (χ4n) is 4.14. The molecule has 2 aromatic rings. The predicted octanol–water partition coefficient (Wildman–Crippen LogP) is 3.14. The Bertz CT molecular complexity index is 799. The highest BCUT2D eigenvalue weighted by molar-refractivity contribution is 5.92. The molecule has 1 amide bonds.